The highest BCUT2D eigenvalue weighted by molar-refractivity contribution is 7.14. The first-order valence-corrected chi connectivity index (χ1v) is 8.54. The Kier molecular flexibility index (Phi) is 5.38. The maximum absolute atomic E-state index is 12.4. The second-order valence-corrected chi connectivity index (χ2v) is 7.23. The summed E-state index contributed by atoms with van der Waals surface area (Å²) in [6.07, 6.45) is 0.0973. The molecule has 0 atom stereocenters. The lowest BCUT2D eigenvalue weighted by molar-refractivity contribution is -0.142. The van der Waals surface area contributed by atoms with Gasteiger partial charge in [0.2, 0.25) is 0 Å². The largest absolute Gasteiger partial charge is 0.466 e. The number of amides is 1. The molecule has 0 aliphatic heterocycles. The van der Waals surface area contributed by atoms with Crippen molar-refractivity contribution < 1.29 is 14.3 Å². The molecule has 130 valence electrons. The van der Waals surface area contributed by atoms with Gasteiger partial charge in [-0.3, -0.25) is 19.6 Å². The van der Waals surface area contributed by atoms with Gasteiger partial charge in [-0.1, -0.05) is 20.8 Å². The lowest BCUT2D eigenvalue weighted by Gasteiger charge is -2.13. The molecular formula is C16H22N4O3S. The summed E-state index contributed by atoms with van der Waals surface area (Å²) in [5, 5.41) is 9.31. The molecule has 0 aliphatic carbocycles. The molecule has 2 rings (SSSR count). The Morgan fingerprint density at radius 2 is 2.08 bits per heavy atom. The van der Waals surface area contributed by atoms with Crippen molar-refractivity contribution in [1.29, 1.82) is 0 Å². The van der Waals surface area contributed by atoms with E-state index < -0.39 is 0 Å². The summed E-state index contributed by atoms with van der Waals surface area (Å²) in [4.78, 5) is 28.1. The van der Waals surface area contributed by atoms with Gasteiger partial charge < -0.3 is 4.74 Å². The zero-order valence-electron chi connectivity index (χ0n) is 14.5. The number of carbonyl (C=O) groups is 2. The fourth-order valence-corrected chi connectivity index (χ4v) is 2.72. The number of rotatable bonds is 5. The third kappa shape index (κ3) is 4.41. The normalized spacial score (nSPS) is 11.4. The molecule has 0 aromatic carbocycles. The van der Waals surface area contributed by atoms with Gasteiger partial charge in [0.25, 0.3) is 5.91 Å². The lowest BCUT2D eigenvalue weighted by Crippen LogP contribution is -2.16. The maximum Gasteiger partial charge on any atom is 0.311 e. The van der Waals surface area contributed by atoms with E-state index in [2.05, 4.69) is 15.4 Å². The minimum absolute atomic E-state index is 0.0973. The molecule has 2 aromatic heterocycles. The van der Waals surface area contributed by atoms with Gasteiger partial charge in [0.05, 0.1) is 24.4 Å². The first-order valence-electron chi connectivity index (χ1n) is 7.66. The number of anilines is 1. The number of nitrogens with zero attached hydrogens (tertiary/aromatic N) is 3. The van der Waals surface area contributed by atoms with Crippen LogP contribution in [-0.2, 0) is 28.4 Å². The number of aryl methyl sites for hydroxylation is 1. The Morgan fingerprint density at radius 1 is 1.38 bits per heavy atom. The summed E-state index contributed by atoms with van der Waals surface area (Å²) in [6.45, 7) is 8.21. The molecule has 2 aromatic rings. The summed E-state index contributed by atoms with van der Waals surface area (Å²) < 4.78 is 6.44. The number of ether oxygens (including phenoxy) is 1. The van der Waals surface area contributed by atoms with Gasteiger partial charge in [-0.15, -0.1) is 11.3 Å². The predicted octanol–water partition coefficient (Wildman–Crippen LogP) is 2.53. The van der Waals surface area contributed by atoms with Crippen molar-refractivity contribution in [2.24, 2.45) is 7.05 Å². The fourth-order valence-electron chi connectivity index (χ4n) is 2.01. The molecule has 0 fully saturated rings. The van der Waals surface area contributed by atoms with Crippen LogP contribution in [0.15, 0.2) is 11.4 Å². The Balaban J connectivity index is 2.07. The number of nitrogens with one attached hydrogen (secondary N) is 1. The molecule has 24 heavy (non-hydrogen) atoms. The van der Waals surface area contributed by atoms with E-state index in [0.717, 1.165) is 5.69 Å². The smallest absolute Gasteiger partial charge is 0.311 e. The molecule has 0 spiro atoms. The zero-order valence-corrected chi connectivity index (χ0v) is 15.4. The van der Waals surface area contributed by atoms with Gasteiger partial charge in [0, 0.05) is 17.8 Å². The molecule has 0 aliphatic rings. The zero-order chi connectivity index (χ0) is 17.9. The number of aromatic nitrogens is 3. The van der Waals surface area contributed by atoms with Gasteiger partial charge in [0.1, 0.15) is 5.69 Å². The Bertz CT molecular complexity index is 743. The summed E-state index contributed by atoms with van der Waals surface area (Å²) in [5.41, 5.74) is 1.75. The van der Waals surface area contributed by atoms with Crippen LogP contribution < -0.4 is 5.32 Å². The van der Waals surface area contributed by atoms with Crippen molar-refractivity contribution in [3.05, 3.63) is 28.5 Å². The fraction of sp³-hybridized carbons (Fsp3) is 0.500. The van der Waals surface area contributed by atoms with Crippen LogP contribution >= 0.6 is 11.3 Å². The van der Waals surface area contributed by atoms with E-state index >= 15 is 0 Å². The van der Waals surface area contributed by atoms with Crippen molar-refractivity contribution in [2.75, 3.05) is 11.9 Å². The van der Waals surface area contributed by atoms with Gasteiger partial charge in [-0.25, -0.2) is 4.98 Å². The van der Waals surface area contributed by atoms with Crippen LogP contribution in [0.5, 0.6) is 0 Å². The number of thiazole rings is 1. The van der Waals surface area contributed by atoms with E-state index in [9.17, 15) is 9.59 Å². The summed E-state index contributed by atoms with van der Waals surface area (Å²) in [6, 6.07) is 1.78. The lowest BCUT2D eigenvalue weighted by atomic mass is 9.92. The second-order valence-electron chi connectivity index (χ2n) is 6.37. The van der Waals surface area contributed by atoms with Crippen LogP contribution in [0.2, 0.25) is 0 Å². The van der Waals surface area contributed by atoms with Crippen molar-refractivity contribution >= 4 is 28.3 Å². The van der Waals surface area contributed by atoms with Crippen LogP contribution in [0.4, 0.5) is 5.13 Å². The van der Waals surface area contributed by atoms with Crippen molar-refractivity contribution in [3.63, 3.8) is 0 Å². The van der Waals surface area contributed by atoms with Crippen LogP contribution in [0.3, 0.4) is 0 Å². The third-order valence-corrected chi connectivity index (χ3v) is 4.09. The quantitative estimate of drug-likeness (QED) is 0.838. The standard InChI is InChI=1S/C16H22N4O3S/c1-6-23-13(21)7-10-9-24-15(17-10)18-14(22)11-8-12(16(2,3)4)19-20(11)5/h8-9H,6-7H2,1-5H3,(H,17,18,22). The highest BCUT2D eigenvalue weighted by atomic mass is 32.1. The third-order valence-electron chi connectivity index (χ3n) is 3.28. The van der Waals surface area contributed by atoms with E-state index in [0.29, 0.717) is 23.1 Å². The van der Waals surface area contributed by atoms with Crippen molar-refractivity contribution in [1.82, 2.24) is 14.8 Å². The highest BCUT2D eigenvalue weighted by Gasteiger charge is 2.22. The van der Waals surface area contributed by atoms with Crippen LogP contribution in [0, 0.1) is 0 Å². The van der Waals surface area contributed by atoms with Crippen LogP contribution in [0.1, 0.15) is 49.6 Å². The van der Waals surface area contributed by atoms with Gasteiger partial charge in [0.15, 0.2) is 5.13 Å². The molecular weight excluding hydrogens is 328 g/mol. The van der Waals surface area contributed by atoms with Crippen molar-refractivity contribution in [2.45, 2.75) is 39.5 Å². The predicted molar refractivity (Wildman–Crippen MR) is 92.3 cm³/mol. The second kappa shape index (κ2) is 7.12. The maximum atomic E-state index is 12.4. The van der Waals surface area contributed by atoms with Crippen molar-refractivity contribution in [3.8, 4) is 0 Å². The van der Waals surface area contributed by atoms with E-state index in [1.807, 2.05) is 20.8 Å². The highest BCUT2D eigenvalue weighted by Crippen LogP contribution is 2.22. The number of hydrogen-bond acceptors (Lipinski definition) is 6. The Morgan fingerprint density at radius 3 is 2.67 bits per heavy atom. The molecule has 0 bridgehead atoms. The van der Waals surface area contributed by atoms with E-state index in [1.54, 1.807) is 30.1 Å². The first kappa shape index (κ1) is 18.1. The summed E-state index contributed by atoms with van der Waals surface area (Å²) >= 11 is 1.27. The Hall–Kier alpha value is -2.22. The molecule has 0 radical (unpaired) electrons. The Labute approximate surface area is 145 Å². The van der Waals surface area contributed by atoms with E-state index in [-0.39, 0.29) is 23.7 Å². The van der Waals surface area contributed by atoms with Gasteiger partial charge >= 0.3 is 5.97 Å². The molecule has 1 N–H and O–H groups in total. The average molecular weight is 350 g/mol. The minimum atomic E-state index is -0.331. The monoisotopic (exact) mass is 350 g/mol. The SMILES string of the molecule is CCOC(=O)Cc1csc(NC(=O)c2cc(C(C)(C)C)nn2C)n1. The molecule has 0 unspecified atom stereocenters. The van der Waals surface area contributed by atoms with Gasteiger partial charge in [-0.2, -0.15) is 5.10 Å². The summed E-state index contributed by atoms with van der Waals surface area (Å²) in [7, 11) is 1.73. The first-order chi connectivity index (χ1) is 11.2. The van der Waals surface area contributed by atoms with Gasteiger partial charge in [-0.05, 0) is 13.0 Å². The number of carbonyl (C=O) groups excluding carboxylic acids is 2. The molecule has 1 amide bonds. The number of esters is 1. The molecule has 0 saturated carbocycles. The van der Waals surface area contributed by atoms with Crippen LogP contribution in [0.25, 0.3) is 0 Å². The molecule has 0 saturated heterocycles. The molecule has 8 heteroatoms. The number of hydrogen-bond donors (Lipinski definition) is 1. The summed E-state index contributed by atoms with van der Waals surface area (Å²) in [5.74, 6) is -0.611. The molecule has 7 nitrogen and oxygen atoms in total. The average Bonchev–Trinajstić information content (AvgIpc) is 3.05. The van der Waals surface area contributed by atoms with Crippen LogP contribution in [-0.4, -0.2) is 33.2 Å². The topological polar surface area (TPSA) is 86.1 Å². The molecule has 2 heterocycles. The van der Waals surface area contributed by atoms with E-state index in [4.69, 9.17) is 4.74 Å². The minimum Gasteiger partial charge on any atom is -0.466 e. The van der Waals surface area contributed by atoms with E-state index in [1.165, 1.54) is 11.3 Å².